The molecule has 0 amide bonds. The number of para-hydroxylation sites is 2. The summed E-state index contributed by atoms with van der Waals surface area (Å²) in [5, 5.41) is 3.35. The summed E-state index contributed by atoms with van der Waals surface area (Å²) in [6, 6.07) is 8.01. The number of piperazine rings is 1. The van der Waals surface area contributed by atoms with Crippen LogP contribution in [0, 0.1) is 0 Å². The molecule has 1 N–H and O–H groups in total. The Balaban J connectivity index is 1.80. The van der Waals surface area contributed by atoms with Crippen LogP contribution in [0.25, 0.3) is 11.0 Å². The molecule has 17 heavy (non-hydrogen) atoms. The van der Waals surface area contributed by atoms with Crippen LogP contribution in [0.4, 0.5) is 0 Å². The van der Waals surface area contributed by atoms with Crippen LogP contribution in [0.3, 0.4) is 0 Å². The van der Waals surface area contributed by atoms with E-state index in [9.17, 15) is 0 Å². The number of benzene rings is 1. The van der Waals surface area contributed by atoms with Crippen LogP contribution in [0.2, 0.25) is 0 Å². The first-order valence-electron chi connectivity index (χ1n) is 6.05. The van der Waals surface area contributed by atoms with Crippen molar-refractivity contribution in [3.63, 3.8) is 0 Å². The molecular formula is C13H16N4. The Morgan fingerprint density at radius 1 is 1.12 bits per heavy atom. The number of hydrogen-bond donors (Lipinski definition) is 1. The second-order valence-electron chi connectivity index (χ2n) is 4.38. The van der Waals surface area contributed by atoms with E-state index in [-0.39, 0.29) is 0 Å². The molecule has 1 aliphatic rings. The zero-order valence-electron chi connectivity index (χ0n) is 9.76. The molecule has 3 rings (SSSR count). The van der Waals surface area contributed by atoms with E-state index in [2.05, 4.69) is 20.2 Å². The largest absolute Gasteiger partial charge is 0.314 e. The van der Waals surface area contributed by atoms with E-state index in [0.717, 1.165) is 49.5 Å². The van der Waals surface area contributed by atoms with Crippen LogP contribution in [-0.4, -0.2) is 41.0 Å². The van der Waals surface area contributed by atoms with E-state index in [1.807, 2.05) is 30.5 Å². The van der Waals surface area contributed by atoms with Crippen molar-refractivity contribution in [2.75, 3.05) is 26.2 Å². The predicted octanol–water partition coefficient (Wildman–Crippen LogP) is 1.03. The third-order valence-corrected chi connectivity index (χ3v) is 3.09. The summed E-state index contributed by atoms with van der Waals surface area (Å²) < 4.78 is 0. The van der Waals surface area contributed by atoms with Crippen molar-refractivity contribution < 1.29 is 0 Å². The van der Waals surface area contributed by atoms with Gasteiger partial charge in [-0.2, -0.15) is 0 Å². The minimum atomic E-state index is 0.902. The highest BCUT2D eigenvalue weighted by Gasteiger charge is 2.10. The third-order valence-electron chi connectivity index (χ3n) is 3.09. The third kappa shape index (κ3) is 2.43. The van der Waals surface area contributed by atoms with E-state index in [0.29, 0.717) is 0 Å². The van der Waals surface area contributed by atoms with E-state index >= 15 is 0 Å². The first-order valence-corrected chi connectivity index (χ1v) is 6.05. The Labute approximate surface area is 101 Å². The maximum absolute atomic E-state index is 4.64. The standard InChI is InChI=1S/C13H16N4/c1-2-4-13-12(3-1)15-9-11(16-13)10-17-7-5-14-6-8-17/h1-4,9,14H,5-8,10H2. The first-order chi connectivity index (χ1) is 8.42. The van der Waals surface area contributed by atoms with Crippen LogP contribution in [-0.2, 0) is 6.54 Å². The smallest absolute Gasteiger partial charge is 0.0890 e. The van der Waals surface area contributed by atoms with Crippen LogP contribution in [0.1, 0.15) is 5.69 Å². The van der Waals surface area contributed by atoms with Gasteiger partial charge in [-0.25, -0.2) is 4.98 Å². The maximum atomic E-state index is 4.64. The number of rotatable bonds is 2. The minimum Gasteiger partial charge on any atom is -0.314 e. The molecule has 1 aliphatic heterocycles. The van der Waals surface area contributed by atoms with Crippen molar-refractivity contribution in [3.8, 4) is 0 Å². The van der Waals surface area contributed by atoms with E-state index < -0.39 is 0 Å². The molecule has 0 bridgehead atoms. The number of aromatic nitrogens is 2. The Hall–Kier alpha value is -1.52. The molecule has 88 valence electrons. The van der Waals surface area contributed by atoms with Gasteiger partial charge in [0.2, 0.25) is 0 Å². The molecule has 0 atom stereocenters. The zero-order valence-corrected chi connectivity index (χ0v) is 9.76. The van der Waals surface area contributed by atoms with Gasteiger partial charge in [-0.3, -0.25) is 9.88 Å². The summed E-state index contributed by atoms with van der Waals surface area (Å²) in [4.78, 5) is 11.5. The summed E-state index contributed by atoms with van der Waals surface area (Å²) in [5.41, 5.74) is 3.02. The molecule has 0 unspecified atom stereocenters. The van der Waals surface area contributed by atoms with Gasteiger partial charge in [-0.05, 0) is 12.1 Å². The van der Waals surface area contributed by atoms with Gasteiger partial charge in [-0.15, -0.1) is 0 Å². The Bertz CT molecular complexity index is 506. The molecule has 0 saturated carbocycles. The summed E-state index contributed by atoms with van der Waals surface area (Å²) in [6.07, 6.45) is 1.89. The van der Waals surface area contributed by atoms with Gasteiger partial charge in [0, 0.05) is 32.7 Å². The minimum absolute atomic E-state index is 0.902. The fraction of sp³-hybridized carbons (Fsp3) is 0.385. The van der Waals surface area contributed by atoms with Crippen molar-refractivity contribution in [1.82, 2.24) is 20.2 Å². The highest BCUT2D eigenvalue weighted by atomic mass is 15.2. The maximum Gasteiger partial charge on any atom is 0.0890 e. The average molecular weight is 228 g/mol. The monoisotopic (exact) mass is 228 g/mol. The van der Waals surface area contributed by atoms with Gasteiger partial charge in [0.25, 0.3) is 0 Å². The van der Waals surface area contributed by atoms with Crippen molar-refractivity contribution in [3.05, 3.63) is 36.2 Å². The lowest BCUT2D eigenvalue weighted by Crippen LogP contribution is -2.43. The lowest BCUT2D eigenvalue weighted by molar-refractivity contribution is 0.230. The lowest BCUT2D eigenvalue weighted by atomic mass is 10.3. The lowest BCUT2D eigenvalue weighted by Gasteiger charge is -2.26. The Morgan fingerprint density at radius 3 is 2.71 bits per heavy atom. The molecule has 0 spiro atoms. The molecule has 1 aromatic carbocycles. The van der Waals surface area contributed by atoms with Crippen LogP contribution < -0.4 is 5.32 Å². The number of hydrogen-bond acceptors (Lipinski definition) is 4. The molecule has 4 nitrogen and oxygen atoms in total. The molecule has 0 radical (unpaired) electrons. The quantitative estimate of drug-likeness (QED) is 0.833. The second kappa shape index (κ2) is 4.77. The van der Waals surface area contributed by atoms with Crippen LogP contribution in [0.15, 0.2) is 30.5 Å². The van der Waals surface area contributed by atoms with Gasteiger partial charge < -0.3 is 5.32 Å². The highest BCUT2D eigenvalue weighted by molar-refractivity contribution is 5.73. The topological polar surface area (TPSA) is 41.1 Å². The van der Waals surface area contributed by atoms with E-state index in [1.165, 1.54) is 0 Å². The van der Waals surface area contributed by atoms with Crippen molar-refractivity contribution in [1.29, 1.82) is 0 Å². The van der Waals surface area contributed by atoms with Gasteiger partial charge in [0.05, 0.1) is 22.9 Å². The molecule has 1 fully saturated rings. The van der Waals surface area contributed by atoms with Gasteiger partial charge in [0.1, 0.15) is 0 Å². The van der Waals surface area contributed by atoms with Crippen molar-refractivity contribution in [2.24, 2.45) is 0 Å². The molecule has 2 heterocycles. The number of fused-ring (bicyclic) bond motifs is 1. The van der Waals surface area contributed by atoms with E-state index in [4.69, 9.17) is 0 Å². The molecular weight excluding hydrogens is 212 g/mol. The summed E-state index contributed by atoms with van der Waals surface area (Å²) >= 11 is 0. The molecule has 0 aliphatic carbocycles. The van der Waals surface area contributed by atoms with Crippen LogP contribution in [0.5, 0.6) is 0 Å². The normalized spacial score (nSPS) is 17.4. The summed E-state index contributed by atoms with van der Waals surface area (Å²) in [5.74, 6) is 0. The zero-order chi connectivity index (χ0) is 11.5. The number of nitrogens with zero attached hydrogens (tertiary/aromatic N) is 3. The Morgan fingerprint density at radius 2 is 1.88 bits per heavy atom. The molecule has 2 aromatic rings. The predicted molar refractivity (Wildman–Crippen MR) is 67.7 cm³/mol. The SMILES string of the molecule is c1ccc2nc(CN3CCNCC3)cnc2c1. The molecule has 1 aromatic heterocycles. The highest BCUT2D eigenvalue weighted by Crippen LogP contribution is 2.10. The average Bonchev–Trinajstić information content (AvgIpc) is 2.40. The van der Waals surface area contributed by atoms with Crippen molar-refractivity contribution in [2.45, 2.75) is 6.54 Å². The fourth-order valence-electron chi connectivity index (χ4n) is 2.17. The van der Waals surface area contributed by atoms with E-state index in [1.54, 1.807) is 0 Å². The number of nitrogens with one attached hydrogen (secondary N) is 1. The summed E-state index contributed by atoms with van der Waals surface area (Å²) in [6.45, 7) is 5.23. The first kappa shape index (κ1) is 10.6. The van der Waals surface area contributed by atoms with Gasteiger partial charge in [0.15, 0.2) is 0 Å². The van der Waals surface area contributed by atoms with Crippen molar-refractivity contribution >= 4 is 11.0 Å². The molecule has 4 heteroatoms. The molecule has 1 saturated heterocycles. The van der Waals surface area contributed by atoms with Crippen LogP contribution >= 0.6 is 0 Å². The van der Waals surface area contributed by atoms with Gasteiger partial charge in [-0.1, -0.05) is 12.1 Å². The fourth-order valence-corrected chi connectivity index (χ4v) is 2.17. The Kier molecular flexibility index (Phi) is 2.98. The summed E-state index contributed by atoms with van der Waals surface area (Å²) in [7, 11) is 0. The van der Waals surface area contributed by atoms with Gasteiger partial charge >= 0.3 is 0 Å². The second-order valence-corrected chi connectivity index (χ2v) is 4.38.